The molecular weight excluding hydrogens is 211 g/mol. The Balaban J connectivity index is 2.58. The molecule has 0 saturated heterocycles. The van der Waals surface area contributed by atoms with Crippen LogP contribution in [0.4, 0.5) is 18.9 Å². The summed E-state index contributed by atoms with van der Waals surface area (Å²) in [5.74, 6) is -0.225. The predicted molar refractivity (Wildman–Crippen MR) is 46.8 cm³/mol. The smallest absolute Gasteiger partial charge is 0.420 e. The number of fused-ring (bicyclic) bond motifs is 1. The van der Waals surface area contributed by atoms with Crippen molar-refractivity contribution in [3.8, 4) is 11.5 Å². The van der Waals surface area contributed by atoms with Crippen LogP contribution in [0, 0.1) is 0 Å². The van der Waals surface area contributed by atoms with Gasteiger partial charge in [-0.1, -0.05) is 0 Å². The third-order valence-electron chi connectivity index (χ3n) is 1.97. The van der Waals surface area contributed by atoms with Gasteiger partial charge in [0, 0.05) is 11.8 Å². The maximum Gasteiger partial charge on any atom is 0.420 e. The van der Waals surface area contributed by atoms with Crippen molar-refractivity contribution in [2.45, 2.75) is 6.18 Å². The van der Waals surface area contributed by atoms with E-state index in [0.29, 0.717) is 0 Å². The largest absolute Gasteiger partial charge is 0.486 e. The van der Waals surface area contributed by atoms with Crippen molar-refractivity contribution < 1.29 is 22.6 Å². The van der Waals surface area contributed by atoms with Gasteiger partial charge in [0.25, 0.3) is 0 Å². The Morgan fingerprint density at radius 3 is 2.47 bits per heavy atom. The predicted octanol–water partition coefficient (Wildman–Crippen LogP) is 2.06. The quantitative estimate of drug-likeness (QED) is 0.679. The maximum atomic E-state index is 12.6. The number of benzene rings is 1. The number of hydrogen-bond acceptors (Lipinski definition) is 3. The molecule has 0 aliphatic carbocycles. The Morgan fingerprint density at radius 2 is 1.80 bits per heavy atom. The Hall–Kier alpha value is -1.59. The summed E-state index contributed by atoms with van der Waals surface area (Å²) in [7, 11) is 0. The minimum atomic E-state index is -4.49. The molecule has 0 spiro atoms. The van der Waals surface area contributed by atoms with Crippen molar-refractivity contribution >= 4 is 5.69 Å². The third-order valence-corrected chi connectivity index (χ3v) is 1.97. The summed E-state index contributed by atoms with van der Waals surface area (Å²) in [6, 6.07) is 2.16. The van der Waals surface area contributed by atoms with Crippen LogP contribution in [-0.4, -0.2) is 13.2 Å². The molecule has 3 nitrogen and oxygen atoms in total. The van der Waals surface area contributed by atoms with E-state index in [0.717, 1.165) is 6.07 Å². The zero-order valence-electron chi connectivity index (χ0n) is 7.60. The van der Waals surface area contributed by atoms with Gasteiger partial charge >= 0.3 is 6.18 Å². The van der Waals surface area contributed by atoms with Crippen LogP contribution in [0.5, 0.6) is 11.5 Å². The first-order chi connectivity index (χ1) is 6.98. The number of alkyl halides is 3. The van der Waals surface area contributed by atoms with E-state index in [9.17, 15) is 13.2 Å². The summed E-state index contributed by atoms with van der Waals surface area (Å²) < 4.78 is 47.7. The number of nitrogen functional groups attached to an aromatic ring is 1. The van der Waals surface area contributed by atoms with Crippen LogP contribution < -0.4 is 15.2 Å². The molecule has 0 amide bonds. The molecule has 6 heteroatoms. The molecule has 1 heterocycles. The zero-order valence-corrected chi connectivity index (χ0v) is 7.60. The zero-order chi connectivity index (χ0) is 11.1. The molecule has 1 aromatic rings. The first kappa shape index (κ1) is 9.95. The second kappa shape index (κ2) is 3.22. The normalized spacial score (nSPS) is 15.1. The molecule has 0 aromatic heterocycles. The summed E-state index contributed by atoms with van der Waals surface area (Å²) in [5, 5.41) is 0. The second-order valence-electron chi connectivity index (χ2n) is 3.09. The van der Waals surface area contributed by atoms with Gasteiger partial charge in [0.2, 0.25) is 0 Å². The maximum absolute atomic E-state index is 12.6. The number of nitrogens with two attached hydrogens (primary N) is 1. The molecule has 0 fully saturated rings. The topological polar surface area (TPSA) is 44.5 Å². The summed E-state index contributed by atoms with van der Waals surface area (Å²) >= 11 is 0. The lowest BCUT2D eigenvalue weighted by atomic mass is 10.1. The average Bonchev–Trinajstić information content (AvgIpc) is 2.15. The van der Waals surface area contributed by atoms with E-state index in [2.05, 4.69) is 0 Å². The highest BCUT2D eigenvalue weighted by Gasteiger charge is 2.37. The summed E-state index contributed by atoms with van der Waals surface area (Å²) in [6.07, 6.45) is -4.49. The number of ether oxygens (including phenoxy) is 2. The fourth-order valence-electron chi connectivity index (χ4n) is 1.39. The molecule has 82 valence electrons. The van der Waals surface area contributed by atoms with E-state index in [1.165, 1.54) is 6.07 Å². The van der Waals surface area contributed by atoms with Crippen LogP contribution in [0.1, 0.15) is 5.56 Å². The minimum absolute atomic E-state index is 0.00609. The van der Waals surface area contributed by atoms with E-state index < -0.39 is 11.7 Å². The van der Waals surface area contributed by atoms with Crippen LogP contribution in [0.3, 0.4) is 0 Å². The van der Waals surface area contributed by atoms with Crippen molar-refractivity contribution in [1.29, 1.82) is 0 Å². The molecule has 0 bridgehead atoms. The van der Waals surface area contributed by atoms with Crippen molar-refractivity contribution in [2.24, 2.45) is 0 Å². The second-order valence-corrected chi connectivity index (χ2v) is 3.09. The molecule has 0 radical (unpaired) electrons. The number of hydrogen-bond donors (Lipinski definition) is 1. The third kappa shape index (κ3) is 1.79. The van der Waals surface area contributed by atoms with Crippen molar-refractivity contribution in [3.63, 3.8) is 0 Å². The van der Waals surface area contributed by atoms with Crippen LogP contribution in [0.2, 0.25) is 0 Å². The fourth-order valence-corrected chi connectivity index (χ4v) is 1.39. The number of rotatable bonds is 0. The number of halogens is 3. The summed E-state index contributed by atoms with van der Waals surface area (Å²) in [6.45, 7) is 0.341. The van der Waals surface area contributed by atoms with Crippen molar-refractivity contribution in [1.82, 2.24) is 0 Å². The SMILES string of the molecule is Nc1cc2c(c(C(F)(F)F)c1)OCCO2. The molecule has 0 saturated carbocycles. The van der Waals surface area contributed by atoms with E-state index >= 15 is 0 Å². The number of anilines is 1. The van der Waals surface area contributed by atoms with Gasteiger partial charge in [-0.15, -0.1) is 0 Å². The molecule has 1 aliphatic heterocycles. The lowest BCUT2D eigenvalue weighted by Crippen LogP contribution is -2.19. The van der Waals surface area contributed by atoms with E-state index in [4.69, 9.17) is 15.2 Å². The fraction of sp³-hybridized carbons (Fsp3) is 0.333. The highest BCUT2D eigenvalue weighted by Crippen LogP contribution is 2.44. The summed E-state index contributed by atoms with van der Waals surface area (Å²) in [4.78, 5) is 0. The van der Waals surface area contributed by atoms with Crippen LogP contribution >= 0.6 is 0 Å². The van der Waals surface area contributed by atoms with Crippen LogP contribution in [0.15, 0.2) is 12.1 Å². The molecule has 2 rings (SSSR count). The van der Waals surface area contributed by atoms with Gasteiger partial charge < -0.3 is 15.2 Å². The molecule has 1 aromatic carbocycles. The van der Waals surface area contributed by atoms with Gasteiger partial charge in [0.05, 0.1) is 0 Å². The van der Waals surface area contributed by atoms with E-state index in [-0.39, 0.29) is 30.4 Å². The molecule has 1 aliphatic rings. The van der Waals surface area contributed by atoms with E-state index in [1.54, 1.807) is 0 Å². The first-order valence-electron chi connectivity index (χ1n) is 4.25. The summed E-state index contributed by atoms with van der Waals surface area (Å²) in [5.41, 5.74) is 4.46. The molecule has 15 heavy (non-hydrogen) atoms. The molecule has 0 unspecified atom stereocenters. The lowest BCUT2D eigenvalue weighted by Gasteiger charge is -2.22. The Kier molecular flexibility index (Phi) is 2.13. The Bertz CT molecular complexity index is 390. The highest BCUT2D eigenvalue weighted by atomic mass is 19.4. The van der Waals surface area contributed by atoms with Crippen molar-refractivity contribution in [2.75, 3.05) is 18.9 Å². The highest BCUT2D eigenvalue weighted by molar-refractivity contribution is 5.58. The van der Waals surface area contributed by atoms with Gasteiger partial charge in [-0.3, -0.25) is 0 Å². The Labute approximate surface area is 83.6 Å². The lowest BCUT2D eigenvalue weighted by molar-refractivity contribution is -0.139. The van der Waals surface area contributed by atoms with Gasteiger partial charge in [-0.05, 0) is 6.07 Å². The van der Waals surface area contributed by atoms with Gasteiger partial charge in [-0.25, -0.2) is 0 Å². The van der Waals surface area contributed by atoms with Gasteiger partial charge in [0.1, 0.15) is 18.8 Å². The average molecular weight is 219 g/mol. The molecular formula is C9H8F3NO2. The standard InChI is InChI=1S/C9H8F3NO2/c10-9(11,12)6-3-5(13)4-7-8(6)15-2-1-14-7/h3-4H,1-2,13H2. The minimum Gasteiger partial charge on any atom is -0.486 e. The molecule has 2 N–H and O–H groups in total. The van der Waals surface area contributed by atoms with Gasteiger partial charge in [-0.2, -0.15) is 13.2 Å². The monoisotopic (exact) mass is 219 g/mol. The van der Waals surface area contributed by atoms with Crippen molar-refractivity contribution in [3.05, 3.63) is 17.7 Å². The van der Waals surface area contributed by atoms with Crippen LogP contribution in [-0.2, 0) is 6.18 Å². The molecule has 0 atom stereocenters. The Morgan fingerprint density at radius 1 is 1.13 bits per heavy atom. The van der Waals surface area contributed by atoms with Gasteiger partial charge in [0.15, 0.2) is 11.5 Å². The first-order valence-corrected chi connectivity index (χ1v) is 4.25. The van der Waals surface area contributed by atoms with Crippen LogP contribution in [0.25, 0.3) is 0 Å². The van der Waals surface area contributed by atoms with E-state index in [1.807, 2.05) is 0 Å².